The van der Waals surface area contributed by atoms with Crippen molar-refractivity contribution in [2.24, 2.45) is 5.73 Å². The van der Waals surface area contributed by atoms with Gasteiger partial charge in [-0.2, -0.15) is 13.2 Å². The van der Waals surface area contributed by atoms with E-state index >= 15 is 0 Å². The van der Waals surface area contributed by atoms with Crippen molar-refractivity contribution in [2.75, 3.05) is 11.5 Å². The fourth-order valence-corrected chi connectivity index (χ4v) is 3.49. The topological polar surface area (TPSA) is 77.2 Å². The van der Waals surface area contributed by atoms with Crippen molar-refractivity contribution in [1.29, 1.82) is 0 Å². The Morgan fingerprint density at radius 1 is 1.30 bits per heavy atom. The summed E-state index contributed by atoms with van der Waals surface area (Å²) in [4.78, 5) is 11.2. The van der Waals surface area contributed by atoms with Crippen molar-refractivity contribution in [3.63, 3.8) is 0 Å². The minimum Gasteiger partial charge on any atom is -0.366 e. The molecule has 1 amide bonds. The van der Waals surface area contributed by atoms with Gasteiger partial charge in [-0.3, -0.25) is 4.79 Å². The van der Waals surface area contributed by atoms with Crippen LogP contribution in [0.25, 0.3) is 0 Å². The summed E-state index contributed by atoms with van der Waals surface area (Å²) in [6, 6.07) is 5.99. The molecule has 0 heterocycles. The van der Waals surface area contributed by atoms with Gasteiger partial charge in [0.25, 0.3) is 0 Å². The van der Waals surface area contributed by atoms with Crippen LogP contribution in [0, 0.1) is 0 Å². The molecule has 112 valence electrons. The SMILES string of the molecule is C[C@@H](CS(=O)(=O)CC(F)(F)F)c1ccccc1C(N)=O. The molecule has 0 fully saturated rings. The highest BCUT2D eigenvalue weighted by atomic mass is 32.2. The standard InChI is InChI=1S/C12H14F3NO3S/c1-8(6-20(18,19)7-12(13,14)15)9-4-2-3-5-10(9)11(16)17/h2-5,8H,6-7H2,1H3,(H2,16,17)/t8-/m0/s1. The van der Waals surface area contributed by atoms with Gasteiger partial charge in [0.1, 0.15) is 5.75 Å². The average Bonchev–Trinajstić information content (AvgIpc) is 2.24. The van der Waals surface area contributed by atoms with Crippen molar-refractivity contribution < 1.29 is 26.4 Å². The Labute approximate surface area is 114 Å². The lowest BCUT2D eigenvalue weighted by Crippen LogP contribution is -2.27. The first-order valence-corrected chi connectivity index (χ1v) is 7.50. The number of alkyl halides is 3. The molecule has 0 aliphatic carbocycles. The van der Waals surface area contributed by atoms with Crippen LogP contribution in [0.2, 0.25) is 0 Å². The number of amides is 1. The molecule has 0 aliphatic heterocycles. The van der Waals surface area contributed by atoms with E-state index < -0.39 is 39.3 Å². The van der Waals surface area contributed by atoms with Crippen LogP contribution in [0.3, 0.4) is 0 Å². The van der Waals surface area contributed by atoms with Crippen molar-refractivity contribution in [3.05, 3.63) is 35.4 Å². The minimum absolute atomic E-state index is 0.113. The fraction of sp³-hybridized carbons (Fsp3) is 0.417. The predicted molar refractivity (Wildman–Crippen MR) is 68.1 cm³/mol. The number of carbonyl (C=O) groups is 1. The Balaban J connectivity index is 2.98. The monoisotopic (exact) mass is 309 g/mol. The lowest BCUT2D eigenvalue weighted by atomic mass is 9.97. The third kappa shape index (κ3) is 4.84. The number of sulfone groups is 1. The molecule has 0 aromatic heterocycles. The van der Waals surface area contributed by atoms with Crippen LogP contribution in [-0.4, -0.2) is 32.0 Å². The Hall–Kier alpha value is -1.57. The summed E-state index contributed by atoms with van der Waals surface area (Å²) in [7, 11) is -4.31. The maximum atomic E-state index is 12.2. The van der Waals surface area contributed by atoms with E-state index in [0.29, 0.717) is 5.56 Å². The molecule has 0 saturated carbocycles. The van der Waals surface area contributed by atoms with Gasteiger partial charge >= 0.3 is 6.18 Å². The van der Waals surface area contributed by atoms with E-state index in [1.165, 1.54) is 19.1 Å². The molecule has 0 spiro atoms. The van der Waals surface area contributed by atoms with Gasteiger partial charge in [-0.15, -0.1) is 0 Å². The molecule has 0 bridgehead atoms. The number of benzene rings is 1. The highest BCUT2D eigenvalue weighted by molar-refractivity contribution is 7.91. The van der Waals surface area contributed by atoms with Crippen LogP contribution >= 0.6 is 0 Å². The Morgan fingerprint density at radius 3 is 2.35 bits per heavy atom. The van der Waals surface area contributed by atoms with Crippen molar-refractivity contribution in [1.82, 2.24) is 0 Å². The molecule has 1 rings (SSSR count). The normalized spacial score (nSPS) is 14.0. The van der Waals surface area contributed by atoms with E-state index in [0.717, 1.165) is 0 Å². The fourth-order valence-electron chi connectivity index (χ4n) is 1.93. The van der Waals surface area contributed by atoms with Crippen molar-refractivity contribution in [2.45, 2.75) is 19.0 Å². The average molecular weight is 309 g/mol. The van der Waals surface area contributed by atoms with Gasteiger partial charge in [-0.1, -0.05) is 25.1 Å². The second kappa shape index (κ2) is 5.82. The second-order valence-corrected chi connectivity index (χ2v) is 6.63. The summed E-state index contributed by atoms with van der Waals surface area (Å²) in [5.41, 5.74) is 5.59. The Bertz CT molecular complexity index is 596. The maximum Gasteiger partial charge on any atom is 0.402 e. The summed E-state index contributed by atoms with van der Waals surface area (Å²) in [6.45, 7) is 1.44. The largest absolute Gasteiger partial charge is 0.402 e. The molecule has 0 unspecified atom stereocenters. The molecule has 0 saturated heterocycles. The van der Waals surface area contributed by atoms with E-state index in [9.17, 15) is 26.4 Å². The van der Waals surface area contributed by atoms with Gasteiger partial charge in [-0.05, 0) is 17.5 Å². The lowest BCUT2D eigenvalue weighted by Gasteiger charge is -2.16. The number of hydrogen-bond acceptors (Lipinski definition) is 3. The van der Waals surface area contributed by atoms with Crippen LogP contribution in [0.15, 0.2) is 24.3 Å². The molecule has 0 radical (unpaired) electrons. The summed E-state index contributed by atoms with van der Waals surface area (Å²) in [5, 5.41) is 0. The zero-order valence-electron chi connectivity index (χ0n) is 10.6. The number of nitrogens with two attached hydrogens (primary N) is 1. The van der Waals surface area contributed by atoms with Crippen molar-refractivity contribution >= 4 is 15.7 Å². The Kier molecular flexibility index (Phi) is 4.80. The third-order valence-corrected chi connectivity index (χ3v) is 4.42. The number of halogens is 3. The summed E-state index contributed by atoms with van der Waals surface area (Å²) in [6.07, 6.45) is -4.78. The second-order valence-electron chi connectivity index (χ2n) is 4.52. The van der Waals surface area contributed by atoms with E-state index in [4.69, 9.17) is 5.73 Å². The molecule has 1 atom stereocenters. The third-order valence-electron chi connectivity index (χ3n) is 2.64. The van der Waals surface area contributed by atoms with Crippen molar-refractivity contribution in [3.8, 4) is 0 Å². The highest BCUT2D eigenvalue weighted by Crippen LogP contribution is 2.24. The number of primary amides is 1. The zero-order chi connectivity index (χ0) is 15.6. The van der Waals surface area contributed by atoms with Crippen LogP contribution < -0.4 is 5.73 Å². The number of hydrogen-bond donors (Lipinski definition) is 1. The van der Waals surface area contributed by atoms with Gasteiger partial charge in [-0.25, -0.2) is 8.42 Å². The summed E-state index contributed by atoms with van der Waals surface area (Å²) in [5.74, 6) is -4.08. The van der Waals surface area contributed by atoms with Gasteiger partial charge < -0.3 is 5.73 Å². The molecule has 2 N–H and O–H groups in total. The van der Waals surface area contributed by atoms with Crippen LogP contribution in [-0.2, 0) is 9.84 Å². The van der Waals surface area contributed by atoms with Gasteiger partial charge in [0.05, 0.1) is 5.75 Å². The Morgan fingerprint density at radius 2 is 1.85 bits per heavy atom. The summed E-state index contributed by atoms with van der Waals surface area (Å²) >= 11 is 0. The molecule has 8 heteroatoms. The zero-order valence-corrected chi connectivity index (χ0v) is 11.5. The molecule has 1 aromatic carbocycles. The van der Waals surface area contributed by atoms with E-state index in [1.54, 1.807) is 12.1 Å². The van der Waals surface area contributed by atoms with Crippen LogP contribution in [0.5, 0.6) is 0 Å². The van der Waals surface area contributed by atoms with Gasteiger partial charge in [0.15, 0.2) is 9.84 Å². The quantitative estimate of drug-likeness (QED) is 0.902. The maximum absolute atomic E-state index is 12.2. The first-order valence-electron chi connectivity index (χ1n) is 5.68. The van der Waals surface area contributed by atoms with Crippen LogP contribution in [0.4, 0.5) is 13.2 Å². The van der Waals surface area contributed by atoms with Crippen LogP contribution in [0.1, 0.15) is 28.8 Å². The first kappa shape index (κ1) is 16.5. The molecule has 20 heavy (non-hydrogen) atoms. The van der Waals surface area contributed by atoms with E-state index in [2.05, 4.69) is 0 Å². The first-order chi connectivity index (χ1) is 9.02. The molecular weight excluding hydrogens is 295 g/mol. The van der Waals surface area contributed by atoms with Gasteiger partial charge in [0, 0.05) is 5.56 Å². The van der Waals surface area contributed by atoms with E-state index in [1.807, 2.05) is 0 Å². The smallest absolute Gasteiger partial charge is 0.366 e. The number of rotatable bonds is 5. The summed E-state index contributed by atoms with van der Waals surface area (Å²) < 4.78 is 59.4. The molecule has 4 nitrogen and oxygen atoms in total. The number of carbonyl (C=O) groups excluding carboxylic acids is 1. The van der Waals surface area contributed by atoms with E-state index in [-0.39, 0.29) is 5.56 Å². The lowest BCUT2D eigenvalue weighted by molar-refractivity contribution is -0.106. The molecular formula is C12H14F3NO3S. The highest BCUT2D eigenvalue weighted by Gasteiger charge is 2.36. The predicted octanol–water partition coefficient (Wildman–Crippen LogP) is 1.87. The molecule has 1 aromatic rings. The minimum atomic E-state index is -4.78. The molecule has 0 aliphatic rings. The van der Waals surface area contributed by atoms with Gasteiger partial charge in [0.2, 0.25) is 5.91 Å².